The minimum Gasteiger partial charge on any atom is -0.392 e. The van der Waals surface area contributed by atoms with Crippen LogP contribution in [0.1, 0.15) is 23.8 Å². The Morgan fingerprint density at radius 3 is 3.04 bits per heavy atom. The number of aliphatic hydroxyl groups is 1. The van der Waals surface area contributed by atoms with Crippen molar-refractivity contribution in [2.24, 2.45) is 0 Å². The number of hydrogen-bond donors (Lipinski definition) is 2. The SMILES string of the molecule is Cc1cc(NC(=O)CN2C[C@H](O)C[C@H]2c2cccc(F)c2)no1. The van der Waals surface area contributed by atoms with Gasteiger partial charge in [0.15, 0.2) is 5.82 Å². The summed E-state index contributed by atoms with van der Waals surface area (Å²) < 4.78 is 18.3. The molecular formula is C16H18FN3O3. The molecule has 122 valence electrons. The van der Waals surface area contributed by atoms with Crippen LogP contribution in [0.5, 0.6) is 0 Å². The van der Waals surface area contributed by atoms with Crippen molar-refractivity contribution in [2.75, 3.05) is 18.4 Å². The number of carbonyl (C=O) groups excluding carboxylic acids is 1. The second kappa shape index (κ2) is 6.47. The smallest absolute Gasteiger partial charge is 0.239 e. The molecule has 1 saturated heterocycles. The van der Waals surface area contributed by atoms with Gasteiger partial charge in [-0.1, -0.05) is 17.3 Å². The number of nitrogens with one attached hydrogen (secondary N) is 1. The fourth-order valence-electron chi connectivity index (χ4n) is 2.91. The van der Waals surface area contributed by atoms with Gasteiger partial charge in [-0.05, 0) is 31.0 Å². The highest BCUT2D eigenvalue weighted by molar-refractivity contribution is 5.91. The number of hydrogen-bond acceptors (Lipinski definition) is 5. The van der Waals surface area contributed by atoms with E-state index in [1.54, 1.807) is 25.1 Å². The van der Waals surface area contributed by atoms with E-state index in [1.165, 1.54) is 12.1 Å². The molecule has 0 unspecified atom stereocenters. The van der Waals surface area contributed by atoms with Crippen LogP contribution in [-0.2, 0) is 4.79 Å². The Bertz CT molecular complexity index is 703. The molecule has 1 aliphatic rings. The maximum absolute atomic E-state index is 13.4. The molecule has 1 fully saturated rings. The van der Waals surface area contributed by atoms with Crippen molar-refractivity contribution in [1.29, 1.82) is 0 Å². The largest absolute Gasteiger partial charge is 0.392 e. The molecule has 0 bridgehead atoms. The summed E-state index contributed by atoms with van der Waals surface area (Å²) in [6.45, 7) is 2.19. The molecule has 2 aromatic rings. The van der Waals surface area contributed by atoms with Gasteiger partial charge < -0.3 is 14.9 Å². The lowest BCUT2D eigenvalue weighted by molar-refractivity contribution is -0.117. The maximum Gasteiger partial charge on any atom is 0.239 e. The number of amides is 1. The van der Waals surface area contributed by atoms with Gasteiger partial charge in [-0.15, -0.1) is 0 Å². The third-order valence-electron chi connectivity index (χ3n) is 3.86. The molecule has 23 heavy (non-hydrogen) atoms. The van der Waals surface area contributed by atoms with Crippen LogP contribution in [0.2, 0.25) is 0 Å². The van der Waals surface area contributed by atoms with E-state index in [2.05, 4.69) is 10.5 Å². The standard InChI is InChI=1S/C16H18FN3O3/c1-10-5-15(19-23-10)18-16(22)9-20-8-13(21)7-14(20)11-3-2-4-12(17)6-11/h2-6,13-14,21H,7-9H2,1H3,(H,18,19,22)/t13-,14+/m1/s1. The fraction of sp³-hybridized carbons (Fsp3) is 0.375. The van der Waals surface area contributed by atoms with Crippen LogP contribution < -0.4 is 5.32 Å². The Morgan fingerprint density at radius 1 is 1.52 bits per heavy atom. The molecule has 7 heteroatoms. The first-order chi connectivity index (χ1) is 11.0. The first kappa shape index (κ1) is 15.6. The number of aromatic nitrogens is 1. The average Bonchev–Trinajstić information content (AvgIpc) is 3.05. The normalized spacial score (nSPS) is 21.5. The van der Waals surface area contributed by atoms with E-state index in [4.69, 9.17) is 4.52 Å². The topological polar surface area (TPSA) is 78.6 Å². The van der Waals surface area contributed by atoms with Crippen LogP contribution in [-0.4, -0.2) is 40.3 Å². The number of aliphatic hydroxyl groups excluding tert-OH is 1. The number of likely N-dealkylation sites (tertiary alicyclic amines) is 1. The summed E-state index contributed by atoms with van der Waals surface area (Å²) in [5.74, 6) is 0.379. The quantitative estimate of drug-likeness (QED) is 0.899. The molecule has 0 radical (unpaired) electrons. The molecule has 0 spiro atoms. The van der Waals surface area contributed by atoms with Crippen molar-refractivity contribution in [3.63, 3.8) is 0 Å². The van der Waals surface area contributed by atoms with Gasteiger partial charge in [0.1, 0.15) is 11.6 Å². The highest BCUT2D eigenvalue weighted by atomic mass is 19.1. The number of benzene rings is 1. The zero-order valence-corrected chi connectivity index (χ0v) is 12.7. The molecule has 0 aliphatic carbocycles. The van der Waals surface area contributed by atoms with Crippen LogP contribution in [0.25, 0.3) is 0 Å². The van der Waals surface area contributed by atoms with Gasteiger partial charge in [0.2, 0.25) is 5.91 Å². The number of aryl methyl sites for hydroxylation is 1. The average molecular weight is 319 g/mol. The highest BCUT2D eigenvalue weighted by Crippen LogP contribution is 2.32. The zero-order valence-electron chi connectivity index (χ0n) is 12.7. The maximum atomic E-state index is 13.4. The summed E-state index contributed by atoms with van der Waals surface area (Å²) in [6, 6.07) is 7.68. The molecule has 2 heterocycles. The lowest BCUT2D eigenvalue weighted by Crippen LogP contribution is -2.33. The third kappa shape index (κ3) is 3.75. The minimum absolute atomic E-state index is 0.0874. The van der Waals surface area contributed by atoms with Gasteiger partial charge >= 0.3 is 0 Å². The highest BCUT2D eigenvalue weighted by Gasteiger charge is 2.33. The van der Waals surface area contributed by atoms with Gasteiger partial charge in [-0.2, -0.15) is 0 Å². The van der Waals surface area contributed by atoms with Crippen LogP contribution in [0, 0.1) is 12.7 Å². The van der Waals surface area contributed by atoms with Crippen molar-refractivity contribution in [3.8, 4) is 0 Å². The number of rotatable bonds is 4. The number of nitrogens with zero attached hydrogens (tertiary/aromatic N) is 2. The summed E-state index contributed by atoms with van der Waals surface area (Å²) in [5.41, 5.74) is 0.756. The summed E-state index contributed by atoms with van der Waals surface area (Å²) in [6.07, 6.45) is -0.0647. The van der Waals surface area contributed by atoms with E-state index in [-0.39, 0.29) is 24.3 Å². The van der Waals surface area contributed by atoms with Crippen molar-refractivity contribution >= 4 is 11.7 Å². The Morgan fingerprint density at radius 2 is 2.35 bits per heavy atom. The van der Waals surface area contributed by atoms with Gasteiger partial charge in [-0.25, -0.2) is 4.39 Å². The Hall–Kier alpha value is -2.25. The van der Waals surface area contributed by atoms with E-state index in [0.29, 0.717) is 24.5 Å². The van der Waals surface area contributed by atoms with E-state index < -0.39 is 6.10 Å². The van der Waals surface area contributed by atoms with Crippen molar-refractivity contribution in [2.45, 2.75) is 25.5 Å². The molecule has 2 N–H and O–H groups in total. The first-order valence-electron chi connectivity index (χ1n) is 7.42. The summed E-state index contributed by atoms with van der Waals surface area (Å²) >= 11 is 0. The molecule has 3 rings (SSSR count). The molecule has 1 aromatic heterocycles. The molecule has 1 aliphatic heterocycles. The summed E-state index contributed by atoms with van der Waals surface area (Å²) in [7, 11) is 0. The van der Waals surface area contributed by atoms with E-state index in [1.807, 2.05) is 4.90 Å². The number of halogens is 1. The zero-order chi connectivity index (χ0) is 16.4. The van der Waals surface area contributed by atoms with Crippen LogP contribution in [0.4, 0.5) is 10.2 Å². The Kier molecular flexibility index (Phi) is 4.40. The summed E-state index contributed by atoms with van der Waals surface area (Å²) in [5, 5.41) is 16.3. The van der Waals surface area contributed by atoms with Gasteiger partial charge in [-0.3, -0.25) is 9.69 Å². The predicted octanol–water partition coefficient (Wildman–Crippen LogP) is 1.87. The monoisotopic (exact) mass is 319 g/mol. The lowest BCUT2D eigenvalue weighted by atomic mass is 10.0. The number of carbonyl (C=O) groups is 1. The van der Waals surface area contributed by atoms with Crippen LogP contribution in [0.3, 0.4) is 0 Å². The number of β-amino-alcohol motifs (C(OH)–C–C–N with tert-alkyl or cyclic N) is 1. The predicted molar refractivity (Wildman–Crippen MR) is 81.2 cm³/mol. The van der Waals surface area contributed by atoms with E-state index >= 15 is 0 Å². The molecule has 1 amide bonds. The minimum atomic E-state index is -0.537. The Labute approximate surface area is 132 Å². The molecule has 2 atom stereocenters. The molecule has 1 aromatic carbocycles. The lowest BCUT2D eigenvalue weighted by Gasteiger charge is -2.23. The molecular weight excluding hydrogens is 301 g/mol. The van der Waals surface area contributed by atoms with Crippen molar-refractivity contribution in [3.05, 3.63) is 47.5 Å². The fourth-order valence-corrected chi connectivity index (χ4v) is 2.91. The van der Waals surface area contributed by atoms with Crippen LogP contribution in [0.15, 0.2) is 34.9 Å². The van der Waals surface area contributed by atoms with E-state index in [9.17, 15) is 14.3 Å². The Balaban J connectivity index is 1.68. The van der Waals surface area contributed by atoms with Gasteiger partial charge in [0.05, 0.1) is 12.6 Å². The number of anilines is 1. The molecule has 6 nitrogen and oxygen atoms in total. The van der Waals surface area contributed by atoms with Crippen molar-refractivity contribution in [1.82, 2.24) is 10.1 Å². The van der Waals surface area contributed by atoms with Crippen LogP contribution >= 0.6 is 0 Å². The van der Waals surface area contributed by atoms with Gasteiger partial charge in [0.25, 0.3) is 0 Å². The first-order valence-corrected chi connectivity index (χ1v) is 7.42. The van der Waals surface area contributed by atoms with Crippen molar-refractivity contribution < 1.29 is 18.8 Å². The molecule has 0 saturated carbocycles. The third-order valence-corrected chi connectivity index (χ3v) is 3.86. The second-order valence-corrected chi connectivity index (χ2v) is 5.76. The van der Waals surface area contributed by atoms with Gasteiger partial charge in [0, 0.05) is 18.7 Å². The van der Waals surface area contributed by atoms with E-state index in [0.717, 1.165) is 5.56 Å². The second-order valence-electron chi connectivity index (χ2n) is 5.76. The summed E-state index contributed by atoms with van der Waals surface area (Å²) in [4.78, 5) is 14.0.